The average Bonchev–Trinajstić information content (AvgIpc) is 2.56. The Hall–Kier alpha value is -2.01. The fourth-order valence-corrected chi connectivity index (χ4v) is 2.17. The van der Waals surface area contributed by atoms with Crippen LogP contribution < -0.4 is 5.43 Å². The van der Waals surface area contributed by atoms with Crippen LogP contribution in [0.25, 0.3) is 0 Å². The molecular formula is C15H14Cl2N4O2S. The molecule has 1 aromatic carbocycles. The minimum Gasteiger partial charge on any atom is -0.462 e. The van der Waals surface area contributed by atoms with Crippen molar-refractivity contribution in [3.05, 3.63) is 45.6 Å². The number of nitrogens with zero attached hydrogens (tertiary/aromatic N) is 3. The van der Waals surface area contributed by atoms with Crippen LogP contribution in [0.1, 0.15) is 12.5 Å². The Morgan fingerprint density at radius 3 is 2.67 bits per heavy atom. The van der Waals surface area contributed by atoms with Gasteiger partial charge in [0.15, 0.2) is 10.7 Å². The second kappa shape index (κ2) is 10.7. The Bertz CT molecular complexity index is 706. The third-order valence-electron chi connectivity index (χ3n) is 2.47. The monoisotopic (exact) mass is 384 g/mol. The number of hydrogen-bond donors (Lipinski definition) is 1. The van der Waals surface area contributed by atoms with Gasteiger partial charge in [0.25, 0.3) is 0 Å². The van der Waals surface area contributed by atoms with E-state index in [9.17, 15) is 4.79 Å². The first-order valence-corrected chi connectivity index (χ1v) is 8.63. The quantitative estimate of drug-likeness (QED) is 0.209. The molecule has 0 amide bonds. The van der Waals surface area contributed by atoms with Gasteiger partial charge in [-0.2, -0.15) is 10.4 Å². The molecular weight excluding hydrogens is 371 g/mol. The van der Waals surface area contributed by atoms with Crippen LogP contribution >= 0.6 is 35.0 Å². The van der Waals surface area contributed by atoms with Gasteiger partial charge in [-0.3, -0.25) is 5.43 Å². The molecule has 0 spiro atoms. The van der Waals surface area contributed by atoms with Crippen molar-refractivity contribution in [2.24, 2.45) is 10.1 Å². The third kappa shape index (κ3) is 6.24. The number of rotatable bonds is 5. The highest BCUT2D eigenvalue weighted by molar-refractivity contribution is 8.13. The number of aliphatic imine (C=N–C) groups is 1. The van der Waals surface area contributed by atoms with Crippen molar-refractivity contribution in [1.82, 2.24) is 5.43 Å². The van der Waals surface area contributed by atoms with Crippen LogP contribution in [0.5, 0.6) is 0 Å². The van der Waals surface area contributed by atoms with Crippen molar-refractivity contribution in [1.29, 1.82) is 5.26 Å². The van der Waals surface area contributed by atoms with Gasteiger partial charge in [0, 0.05) is 5.56 Å². The van der Waals surface area contributed by atoms with Gasteiger partial charge in [-0.1, -0.05) is 41.0 Å². The molecule has 1 N–H and O–H groups in total. The number of carbonyl (C=O) groups is 1. The number of esters is 1. The van der Waals surface area contributed by atoms with Crippen molar-refractivity contribution in [3.63, 3.8) is 0 Å². The first-order chi connectivity index (χ1) is 11.5. The number of hydrazone groups is 1. The zero-order valence-electron chi connectivity index (χ0n) is 12.9. The van der Waals surface area contributed by atoms with Crippen LogP contribution in [0.3, 0.4) is 0 Å². The fraction of sp³-hybridized carbons (Fsp3) is 0.200. The summed E-state index contributed by atoms with van der Waals surface area (Å²) in [6.45, 7) is 1.83. The summed E-state index contributed by atoms with van der Waals surface area (Å²) >= 11 is 13.3. The Morgan fingerprint density at radius 2 is 2.12 bits per heavy atom. The lowest BCUT2D eigenvalue weighted by Gasteiger charge is -2.02. The molecule has 0 aliphatic carbocycles. The van der Waals surface area contributed by atoms with E-state index in [1.165, 1.54) is 18.0 Å². The van der Waals surface area contributed by atoms with E-state index in [1.54, 1.807) is 37.4 Å². The minimum atomic E-state index is -0.726. The maximum atomic E-state index is 11.5. The summed E-state index contributed by atoms with van der Waals surface area (Å²) < 4.78 is 4.74. The molecule has 0 unspecified atom stereocenters. The van der Waals surface area contributed by atoms with E-state index >= 15 is 0 Å². The van der Waals surface area contributed by atoms with E-state index in [4.69, 9.17) is 33.2 Å². The van der Waals surface area contributed by atoms with Crippen LogP contribution in [0, 0.1) is 11.3 Å². The SMILES string of the molecule is CCOC(=O)C(C#N)=CN=C(NN=Cc1c(Cl)cccc1Cl)SC. The highest BCUT2D eigenvalue weighted by atomic mass is 35.5. The largest absolute Gasteiger partial charge is 0.462 e. The van der Waals surface area contributed by atoms with Crippen LogP contribution in [0.15, 0.2) is 40.1 Å². The van der Waals surface area contributed by atoms with Gasteiger partial charge in [0.2, 0.25) is 0 Å². The molecule has 0 radical (unpaired) electrons. The molecule has 0 aliphatic heterocycles. The van der Waals surface area contributed by atoms with E-state index in [0.717, 1.165) is 6.20 Å². The first-order valence-electron chi connectivity index (χ1n) is 6.65. The maximum Gasteiger partial charge on any atom is 0.350 e. The number of amidine groups is 1. The number of benzene rings is 1. The van der Waals surface area contributed by atoms with E-state index < -0.39 is 5.97 Å². The molecule has 0 aromatic heterocycles. The molecule has 6 nitrogen and oxygen atoms in total. The number of halogens is 2. The fourth-order valence-electron chi connectivity index (χ4n) is 1.37. The molecule has 126 valence electrons. The van der Waals surface area contributed by atoms with E-state index in [1.807, 2.05) is 0 Å². The van der Waals surface area contributed by atoms with Gasteiger partial charge in [0.05, 0.1) is 29.1 Å². The topological polar surface area (TPSA) is 86.8 Å². The number of thioether (sulfide) groups is 1. The lowest BCUT2D eigenvalue weighted by Crippen LogP contribution is -2.13. The molecule has 0 heterocycles. The molecule has 1 rings (SSSR count). The van der Waals surface area contributed by atoms with Crippen LogP contribution in [-0.2, 0) is 9.53 Å². The summed E-state index contributed by atoms with van der Waals surface area (Å²) in [5, 5.41) is 14.2. The summed E-state index contributed by atoms with van der Waals surface area (Å²) in [7, 11) is 0. The van der Waals surface area contributed by atoms with Crippen LogP contribution in [-0.4, -0.2) is 30.2 Å². The molecule has 1 aromatic rings. The summed E-state index contributed by atoms with van der Waals surface area (Å²) in [6, 6.07) is 6.85. The second-order valence-corrected chi connectivity index (χ2v) is 5.63. The molecule has 0 atom stereocenters. The Balaban J connectivity index is 2.85. The lowest BCUT2D eigenvalue weighted by molar-refractivity contribution is -0.138. The van der Waals surface area contributed by atoms with Crippen molar-refractivity contribution >= 4 is 52.3 Å². The smallest absolute Gasteiger partial charge is 0.350 e. The molecule has 0 saturated carbocycles. The van der Waals surface area contributed by atoms with Crippen molar-refractivity contribution in [2.75, 3.05) is 12.9 Å². The van der Waals surface area contributed by atoms with Gasteiger partial charge in [-0.15, -0.1) is 0 Å². The van der Waals surface area contributed by atoms with Crippen molar-refractivity contribution in [2.45, 2.75) is 6.92 Å². The Morgan fingerprint density at radius 1 is 1.46 bits per heavy atom. The number of nitrogens with one attached hydrogen (secondary N) is 1. The predicted octanol–water partition coefficient (Wildman–Crippen LogP) is 3.61. The van der Waals surface area contributed by atoms with E-state index in [0.29, 0.717) is 20.8 Å². The van der Waals surface area contributed by atoms with Gasteiger partial charge >= 0.3 is 5.97 Å². The molecule has 0 bridgehead atoms. The second-order valence-electron chi connectivity index (χ2n) is 4.02. The standard InChI is InChI=1S/C15H14Cl2N4O2S/c1-3-23-14(22)10(7-18)8-19-15(24-2)21-20-9-11-12(16)5-4-6-13(11)17/h4-6,8-9H,3H2,1-2H3,(H,19,21). The third-order valence-corrected chi connectivity index (χ3v) is 3.72. The van der Waals surface area contributed by atoms with E-state index in [2.05, 4.69) is 15.5 Å². The van der Waals surface area contributed by atoms with Gasteiger partial charge < -0.3 is 4.74 Å². The average molecular weight is 385 g/mol. The zero-order valence-corrected chi connectivity index (χ0v) is 15.2. The van der Waals surface area contributed by atoms with Crippen LogP contribution in [0.4, 0.5) is 0 Å². The molecule has 0 saturated heterocycles. The van der Waals surface area contributed by atoms with Crippen molar-refractivity contribution < 1.29 is 9.53 Å². The Kier molecular flexibility index (Phi) is 8.94. The zero-order chi connectivity index (χ0) is 17.9. The van der Waals surface area contributed by atoms with Crippen molar-refractivity contribution in [3.8, 4) is 6.07 Å². The maximum absolute atomic E-state index is 11.5. The van der Waals surface area contributed by atoms with E-state index in [-0.39, 0.29) is 12.2 Å². The predicted molar refractivity (Wildman–Crippen MR) is 98.5 cm³/mol. The Labute approximate surface area is 154 Å². The van der Waals surface area contributed by atoms with Gasteiger partial charge in [0.1, 0.15) is 6.07 Å². The highest BCUT2D eigenvalue weighted by Gasteiger charge is 2.09. The highest BCUT2D eigenvalue weighted by Crippen LogP contribution is 2.22. The molecule has 9 heteroatoms. The molecule has 0 aliphatic rings. The summed E-state index contributed by atoms with van der Waals surface area (Å²) in [5.41, 5.74) is 3.04. The number of ether oxygens (including phenoxy) is 1. The number of carbonyl (C=O) groups excluding carboxylic acids is 1. The summed E-state index contributed by atoms with van der Waals surface area (Å²) in [6.07, 6.45) is 4.33. The number of hydrogen-bond acceptors (Lipinski definition) is 6. The van der Waals surface area contributed by atoms with Crippen LogP contribution in [0.2, 0.25) is 10.0 Å². The summed E-state index contributed by atoms with van der Waals surface area (Å²) in [4.78, 5) is 15.5. The summed E-state index contributed by atoms with van der Waals surface area (Å²) in [5.74, 6) is -0.726. The van der Waals surface area contributed by atoms with Gasteiger partial charge in [-0.05, 0) is 25.3 Å². The molecule has 0 fully saturated rings. The van der Waals surface area contributed by atoms with Gasteiger partial charge in [-0.25, -0.2) is 9.79 Å². The first kappa shape index (κ1) is 20.0. The molecule has 24 heavy (non-hydrogen) atoms. The number of nitriles is 1. The normalized spacial score (nSPS) is 12.1. The lowest BCUT2D eigenvalue weighted by atomic mass is 10.2. The minimum absolute atomic E-state index is 0.179.